The van der Waals surface area contributed by atoms with Crippen LogP contribution in [0.4, 0.5) is 0 Å². The number of ketones is 1. The van der Waals surface area contributed by atoms with E-state index in [1.54, 1.807) is 7.05 Å². The van der Waals surface area contributed by atoms with Gasteiger partial charge in [0.05, 0.1) is 6.42 Å². The molecule has 1 N–H and O–H groups in total. The number of hydrogen-bond acceptors (Lipinski definition) is 2. The summed E-state index contributed by atoms with van der Waals surface area (Å²) in [6.07, 6.45) is 2.66. The van der Waals surface area contributed by atoms with Gasteiger partial charge in [0, 0.05) is 37.0 Å². The van der Waals surface area contributed by atoms with E-state index < -0.39 is 0 Å². The second-order valence-corrected chi connectivity index (χ2v) is 6.08. The summed E-state index contributed by atoms with van der Waals surface area (Å²) in [5, 5.41) is 2.66. The highest BCUT2D eigenvalue weighted by atomic mass is 16.1. The number of carbonyl (C=O) groups is 2. The van der Waals surface area contributed by atoms with E-state index in [9.17, 15) is 9.59 Å². The minimum Gasteiger partial charge on any atom is -0.359 e. The molecule has 0 unspecified atom stereocenters. The Morgan fingerprint density at radius 2 is 1.96 bits per heavy atom. The van der Waals surface area contributed by atoms with Crippen LogP contribution in [0.3, 0.4) is 0 Å². The molecule has 0 bridgehead atoms. The number of benzene rings is 1. The van der Waals surface area contributed by atoms with E-state index in [1.807, 2.05) is 25.1 Å². The lowest BCUT2D eigenvalue weighted by atomic mass is 9.92. The smallest absolute Gasteiger partial charge is 0.224 e. The molecule has 4 heteroatoms. The number of nitrogens with zero attached hydrogens (tertiary/aromatic N) is 1. The number of fused-ring (bicyclic) bond motifs is 1. The second kappa shape index (κ2) is 6.41. The molecule has 0 aliphatic heterocycles. The maximum absolute atomic E-state index is 12.4. The van der Waals surface area contributed by atoms with Gasteiger partial charge >= 0.3 is 0 Å². The molecule has 0 atom stereocenters. The zero-order chi connectivity index (χ0) is 16.4. The van der Waals surface area contributed by atoms with Gasteiger partial charge in [-0.2, -0.15) is 0 Å². The summed E-state index contributed by atoms with van der Waals surface area (Å²) in [6, 6.07) is 10.2. The van der Waals surface area contributed by atoms with E-state index >= 15 is 0 Å². The Kier molecular flexibility index (Phi) is 4.33. The molecule has 1 aliphatic carbocycles. The molecule has 2 aromatic rings. The standard InChI is InChI=1S/C19H22N2O2/c1-13-15(11-18(23)20-2)19-16(9-6-10-17(19)22)21(13)12-14-7-4-3-5-8-14/h3-5,7-8H,6,9-12H2,1-2H3,(H,20,23). The first-order valence-corrected chi connectivity index (χ1v) is 8.10. The number of hydrogen-bond donors (Lipinski definition) is 1. The normalized spacial score (nSPS) is 13.7. The molecule has 3 rings (SSSR count). The molecule has 4 nitrogen and oxygen atoms in total. The molecule has 0 saturated heterocycles. The van der Waals surface area contributed by atoms with Gasteiger partial charge in [-0.3, -0.25) is 9.59 Å². The van der Waals surface area contributed by atoms with Crippen molar-refractivity contribution in [1.82, 2.24) is 9.88 Å². The molecule has 0 radical (unpaired) electrons. The van der Waals surface area contributed by atoms with E-state index in [0.29, 0.717) is 6.42 Å². The monoisotopic (exact) mass is 310 g/mol. The molecule has 1 aromatic heterocycles. The predicted molar refractivity (Wildman–Crippen MR) is 89.8 cm³/mol. The van der Waals surface area contributed by atoms with Gasteiger partial charge in [0.1, 0.15) is 0 Å². The lowest BCUT2D eigenvalue weighted by Gasteiger charge is -2.16. The van der Waals surface area contributed by atoms with Gasteiger partial charge in [0.25, 0.3) is 0 Å². The fourth-order valence-electron chi connectivity index (χ4n) is 3.43. The number of aromatic nitrogens is 1. The minimum absolute atomic E-state index is 0.0499. The molecule has 0 fully saturated rings. The first kappa shape index (κ1) is 15.5. The highest BCUT2D eigenvalue weighted by Gasteiger charge is 2.28. The van der Waals surface area contributed by atoms with Gasteiger partial charge in [-0.1, -0.05) is 30.3 Å². The van der Waals surface area contributed by atoms with Gasteiger partial charge in [0.15, 0.2) is 5.78 Å². The first-order valence-electron chi connectivity index (χ1n) is 8.10. The van der Waals surface area contributed by atoms with Gasteiger partial charge in [-0.15, -0.1) is 0 Å². The van der Waals surface area contributed by atoms with Crippen molar-refractivity contribution in [3.63, 3.8) is 0 Å². The summed E-state index contributed by atoms with van der Waals surface area (Å²) < 4.78 is 2.22. The summed E-state index contributed by atoms with van der Waals surface area (Å²) >= 11 is 0. The maximum Gasteiger partial charge on any atom is 0.224 e. The molecular weight excluding hydrogens is 288 g/mol. The van der Waals surface area contributed by atoms with Gasteiger partial charge < -0.3 is 9.88 Å². The van der Waals surface area contributed by atoms with Crippen molar-refractivity contribution in [1.29, 1.82) is 0 Å². The molecule has 1 amide bonds. The summed E-state index contributed by atoms with van der Waals surface area (Å²) in [4.78, 5) is 24.3. The van der Waals surface area contributed by atoms with Crippen molar-refractivity contribution < 1.29 is 9.59 Å². The van der Waals surface area contributed by atoms with E-state index in [2.05, 4.69) is 22.0 Å². The number of amides is 1. The minimum atomic E-state index is -0.0499. The molecule has 120 valence electrons. The molecular formula is C19H22N2O2. The van der Waals surface area contributed by atoms with Crippen molar-refractivity contribution in [2.24, 2.45) is 0 Å². The van der Waals surface area contributed by atoms with Crippen LogP contribution in [0.2, 0.25) is 0 Å². The molecule has 23 heavy (non-hydrogen) atoms. The van der Waals surface area contributed by atoms with Crippen molar-refractivity contribution in [3.8, 4) is 0 Å². The third-order valence-corrected chi connectivity index (χ3v) is 4.65. The average Bonchev–Trinajstić information content (AvgIpc) is 2.82. The Labute approximate surface area is 136 Å². The van der Waals surface area contributed by atoms with Crippen LogP contribution in [0.5, 0.6) is 0 Å². The van der Waals surface area contributed by atoms with E-state index in [4.69, 9.17) is 0 Å². The predicted octanol–water partition coefficient (Wildman–Crippen LogP) is 2.65. The zero-order valence-electron chi connectivity index (χ0n) is 13.7. The molecule has 0 spiro atoms. The van der Waals surface area contributed by atoms with E-state index in [0.717, 1.165) is 41.9 Å². The van der Waals surface area contributed by atoms with Crippen molar-refractivity contribution in [2.45, 2.75) is 39.2 Å². The number of likely N-dealkylation sites (N-methyl/N-ethyl adjacent to an activating group) is 1. The summed E-state index contributed by atoms with van der Waals surface area (Å²) in [5.41, 5.74) is 5.05. The lowest BCUT2D eigenvalue weighted by molar-refractivity contribution is -0.119. The average molecular weight is 310 g/mol. The Hall–Kier alpha value is -2.36. The molecule has 1 aliphatic rings. The summed E-state index contributed by atoms with van der Waals surface area (Å²) in [7, 11) is 1.63. The van der Waals surface area contributed by atoms with Gasteiger partial charge in [0.2, 0.25) is 5.91 Å². The van der Waals surface area contributed by atoms with Crippen LogP contribution in [0.25, 0.3) is 0 Å². The Bertz CT molecular complexity index is 744. The Balaban J connectivity index is 2.07. The SMILES string of the molecule is CNC(=O)Cc1c2c(n(Cc3ccccc3)c1C)CCCC2=O. The number of rotatable bonds is 4. The van der Waals surface area contributed by atoms with Crippen LogP contribution < -0.4 is 5.32 Å². The van der Waals surface area contributed by atoms with Crippen molar-refractivity contribution in [3.05, 3.63) is 58.4 Å². The largest absolute Gasteiger partial charge is 0.359 e. The third-order valence-electron chi connectivity index (χ3n) is 4.65. The number of carbonyl (C=O) groups excluding carboxylic acids is 2. The van der Waals surface area contributed by atoms with E-state index in [-0.39, 0.29) is 18.1 Å². The molecule has 1 heterocycles. The first-order chi connectivity index (χ1) is 11.1. The summed E-state index contributed by atoms with van der Waals surface area (Å²) in [5.74, 6) is 0.131. The van der Waals surface area contributed by atoms with Crippen LogP contribution in [-0.4, -0.2) is 23.3 Å². The van der Waals surface area contributed by atoms with Crippen LogP contribution in [0.1, 0.15) is 45.7 Å². The molecule has 1 aromatic carbocycles. The van der Waals surface area contributed by atoms with Crippen LogP contribution in [-0.2, 0) is 24.2 Å². The van der Waals surface area contributed by atoms with Crippen LogP contribution in [0, 0.1) is 6.92 Å². The topological polar surface area (TPSA) is 51.1 Å². The molecule has 0 saturated carbocycles. The number of Topliss-reactive ketones (excluding diaryl/α,β-unsaturated/α-hetero) is 1. The Morgan fingerprint density at radius 3 is 2.65 bits per heavy atom. The lowest BCUT2D eigenvalue weighted by Crippen LogP contribution is -2.22. The summed E-state index contributed by atoms with van der Waals surface area (Å²) in [6.45, 7) is 2.77. The highest BCUT2D eigenvalue weighted by molar-refractivity contribution is 6.01. The zero-order valence-corrected chi connectivity index (χ0v) is 13.7. The van der Waals surface area contributed by atoms with Crippen molar-refractivity contribution in [2.75, 3.05) is 7.05 Å². The fourth-order valence-corrected chi connectivity index (χ4v) is 3.43. The fraction of sp³-hybridized carbons (Fsp3) is 0.368. The number of nitrogens with one attached hydrogen (secondary N) is 1. The van der Waals surface area contributed by atoms with Crippen LogP contribution >= 0.6 is 0 Å². The quantitative estimate of drug-likeness (QED) is 0.944. The maximum atomic E-state index is 12.4. The highest BCUT2D eigenvalue weighted by Crippen LogP contribution is 2.31. The Morgan fingerprint density at radius 1 is 1.22 bits per heavy atom. The third kappa shape index (κ3) is 2.93. The van der Waals surface area contributed by atoms with Gasteiger partial charge in [-0.05, 0) is 30.9 Å². The van der Waals surface area contributed by atoms with E-state index in [1.165, 1.54) is 5.56 Å². The van der Waals surface area contributed by atoms with Crippen LogP contribution in [0.15, 0.2) is 30.3 Å². The van der Waals surface area contributed by atoms with Gasteiger partial charge in [-0.25, -0.2) is 0 Å². The second-order valence-electron chi connectivity index (χ2n) is 6.08. The van der Waals surface area contributed by atoms with Crippen molar-refractivity contribution >= 4 is 11.7 Å².